The molecule has 3 rings (SSSR count). The van der Waals surface area contributed by atoms with E-state index in [-0.39, 0.29) is 42.6 Å². The second kappa shape index (κ2) is 7.12. The third-order valence-corrected chi connectivity index (χ3v) is 2.73. The van der Waals surface area contributed by atoms with Gasteiger partial charge in [0.05, 0.1) is 5.69 Å². The molecule has 1 aromatic carbocycles. The number of rotatable bonds is 3. The molecule has 8 nitrogen and oxygen atoms in total. The molecule has 0 radical (unpaired) electrons. The number of nitrogens with two attached hydrogens (primary N) is 1. The van der Waals surface area contributed by atoms with E-state index in [0.717, 1.165) is 5.56 Å². The van der Waals surface area contributed by atoms with Gasteiger partial charge in [0.15, 0.2) is 0 Å². The van der Waals surface area contributed by atoms with Crippen LogP contribution in [0.1, 0.15) is 11.9 Å². The van der Waals surface area contributed by atoms with Gasteiger partial charge in [-0.05, 0) is 29.5 Å². The number of nitrogens with zero attached hydrogens (tertiary/aromatic N) is 4. The van der Waals surface area contributed by atoms with Gasteiger partial charge in [0.2, 0.25) is 0 Å². The maximum atomic E-state index is 12.0. The summed E-state index contributed by atoms with van der Waals surface area (Å²) in [4.78, 5) is 16.4. The molecule has 0 saturated heterocycles. The second-order valence-electron chi connectivity index (χ2n) is 4.22. The minimum Gasteiger partial charge on any atom is -1.00 e. The van der Waals surface area contributed by atoms with Crippen LogP contribution in [0.5, 0.6) is 0 Å². The Bertz CT molecular complexity index is 782. The number of nitrogens with one attached hydrogen (secondary N) is 2. The molecule has 3 aromatic rings. The van der Waals surface area contributed by atoms with Crippen molar-refractivity contribution in [3.8, 4) is 11.3 Å². The number of nitrogen functional groups attached to an aromatic ring is 1. The first-order chi connectivity index (χ1) is 10.2. The molecule has 0 aliphatic rings. The van der Waals surface area contributed by atoms with E-state index in [2.05, 4.69) is 30.9 Å². The first kappa shape index (κ1) is 16.1. The molecule has 0 fully saturated rings. The Labute approximate surface area is 149 Å². The minimum absolute atomic E-state index is 0. The van der Waals surface area contributed by atoms with Gasteiger partial charge in [-0.1, -0.05) is 23.3 Å². The van der Waals surface area contributed by atoms with Gasteiger partial charge in [0, 0.05) is 11.3 Å². The number of amides is 1. The Morgan fingerprint density at radius 1 is 1.23 bits per heavy atom. The van der Waals surface area contributed by atoms with Crippen molar-refractivity contribution in [3.63, 3.8) is 0 Å². The zero-order valence-corrected chi connectivity index (χ0v) is 13.8. The average Bonchev–Trinajstić information content (AvgIpc) is 3.00. The Hall–Kier alpha value is -2.29. The van der Waals surface area contributed by atoms with E-state index in [0.29, 0.717) is 11.4 Å². The smallest absolute Gasteiger partial charge is 1.00 e. The molecule has 9 heteroatoms. The number of hydrogen-bond donors (Lipinski definition) is 3. The van der Waals surface area contributed by atoms with Crippen LogP contribution in [0.2, 0.25) is 0 Å². The third kappa shape index (κ3) is 3.67. The standard InChI is InChI=1S/C13H11N7O.Na.H/c14-9-4-1-3-8(7-9)10-5-2-6-11(15-10)12(21)16-13-17-19-20-18-13;;/h1-7H,14H2,(H2,16,17,18,19,20,21);;/q;+1;-1. The molecule has 0 spiro atoms. The molecule has 4 N–H and O–H groups in total. The number of carbonyl (C=O) groups is 1. The molecule has 22 heavy (non-hydrogen) atoms. The monoisotopic (exact) mass is 305 g/mol. The number of benzene rings is 1. The first-order valence-electron chi connectivity index (χ1n) is 6.10. The van der Waals surface area contributed by atoms with Crippen LogP contribution in [0, 0.1) is 0 Å². The van der Waals surface area contributed by atoms with Crippen molar-refractivity contribution in [2.45, 2.75) is 0 Å². The van der Waals surface area contributed by atoms with E-state index in [4.69, 9.17) is 5.73 Å². The minimum atomic E-state index is -0.415. The molecular formula is C13H12N7NaO. The summed E-state index contributed by atoms with van der Waals surface area (Å²) in [7, 11) is 0. The molecule has 0 aliphatic heterocycles. The van der Waals surface area contributed by atoms with Crippen LogP contribution in [0.4, 0.5) is 11.6 Å². The fraction of sp³-hybridized carbons (Fsp3) is 0. The number of hydrogen-bond acceptors (Lipinski definition) is 6. The van der Waals surface area contributed by atoms with Crippen LogP contribution in [0.25, 0.3) is 11.3 Å². The fourth-order valence-electron chi connectivity index (χ4n) is 1.80. The van der Waals surface area contributed by atoms with Gasteiger partial charge in [-0.2, -0.15) is 5.21 Å². The number of tetrazole rings is 1. The number of pyridine rings is 1. The summed E-state index contributed by atoms with van der Waals surface area (Å²) in [6.07, 6.45) is 0. The Kier molecular flexibility index (Phi) is 5.21. The summed E-state index contributed by atoms with van der Waals surface area (Å²) in [5, 5.41) is 15.4. The van der Waals surface area contributed by atoms with Crippen molar-refractivity contribution in [2.75, 3.05) is 11.1 Å². The average molecular weight is 305 g/mol. The van der Waals surface area contributed by atoms with E-state index in [1.54, 1.807) is 30.3 Å². The van der Waals surface area contributed by atoms with Crippen molar-refractivity contribution in [3.05, 3.63) is 48.2 Å². The third-order valence-electron chi connectivity index (χ3n) is 2.73. The summed E-state index contributed by atoms with van der Waals surface area (Å²) in [5.74, 6) is -0.321. The summed E-state index contributed by atoms with van der Waals surface area (Å²) in [6, 6.07) is 12.4. The normalized spacial score (nSPS) is 9.82. The predicted molar refractivity (Wildman–Crippen MR) is 77.3 cm³/mol. The van der Waals surface area contributed by atoms with Crippen molar-refractivity contribution in [2.24, 2.45) is 0 Å². The largest absolute Gasteiger partial charge is 1.00 e. The number of carbonyl (C=O) groups excluding carboxylic acids is 1. The second-order valence-corrected chi connectivity index (χ2v) is 4.22. The predicted octanol–water partition coefficient (Wildman–Crippen LogP) is -1.79. The van der Waals surface area contributed by atoms with Crippen molar-refractivity contribution in [1.82, 2.24) is 25.6 Å². The van der Waals surface area contributed by atoms with E-state index in [9.17, 15) is 4.79 Å². The molecule has 0 bridgehead atoms. The van der Waals surface area contributed by atoms with Crippen molar-refractivity contribution < 1.29 is 35.8 Å². The SMILES string of the molecule is Nc1cccc(-c2cccc(C(=O)Nc3nn[nH]n3)n2)c1.[H-].[Na+]. The zero-order chi connectivity index (χ0) is 14.7. The van der Waals surface area contributed by atoms with E-state index < -0.39 is 5.91 Å². The van der Waals surface area contributed by atoms with Crippen LogP contribution < -0.4 is 40.6 Å². The molecule has 0 atom stereocenters. The number of aromatic nitrogens is 5. The molecule has 0 aliphatic carbocycles. The molecule has 106 valence electrons. The topological polar surface area (TPSA) is 122 Å². The van der Waals surface area contributed by atoms with Crippen LogP contribution in [0.15, 0.2) is 42.5 Å². The fourth-order valence-corrected chi connectivity index (χ4v) is 1.80. The quantitative estimate of drug-likeness (QED) is 0.388. The van der Waals surface area contributed by atoms with Gasteiger partial charge in [-0.25, -0.2) is 4.98 Å². The van der Waals surface area contributed by atoms with Crippen molar-refractivity contribution >= 4 is 17.5 Å². The molecule has 0 unspecified atom stereocenters. The van der Waals surface area contributed by atoms with Crippen LogP contribution >= 0.6 is 0 Å². The summed E-state index contributed by atoms with van der Waals surface area (Å²) >= 11 is 0. The number of anilines is 2. The molecule has 1 amide bonds. The summed E-state index contributed by atoms with van der Waals surface area (Å²) in [6.45, 7) is 0. The number of H-pyrrole nitrogens is 1. The van der Waals surface area contributed by atoms with Crippen LogP contribution in [-0.2, 0) is 0 Å². The van der Waals surface area contributed by atoms with Gasteiger partial charge >= 0.3 is 29.6 Å². The van der Waals surface area contributed by atoms with Gasteiger partial charge in [0.1, 0.15) is 5.69 Å². The van der Waals surface area contributed by atoms with Gasteiger partial charge < -0.3 is 7.16 Å². The van der Waals surface area contributed by atoms with Crippen LogP contribution in [-0.4, -0.2) is 31.5 Å². The first-order valence-corrected chi connectivity index (χ1v) is 6.10. The Morgan fingerprint density at radius 3 is 2.77 bits per heavy atom. The van der Waals surface area contributed by atoms with Gasteiger partial charge in [-0.3, -0.25) is 10.1 Å². The maximum absolute atomic E-state index is 12.0. The van der Waals surface area contributed by atoms with Gasteiger partial charge in [-0.15, -0.1) is 5.10 Å². The molecular weight excluding hydrogens is 293 g/mol. The molecule has 2 heterocycles. The summed E-state index contributed by atoms with van der Waals surface area (Å²) in [5.41, 5.74) is 8.13. The molecule has 0 saturated carbocycles. The Morgan fingerprint density at radius 2 is 2.05 bits per heavy atom. The molecule has 2 aromatic heterocycles. The van der Waals surface area contributed by atoms with Crippen molar-refractivity contribution in [1.29, 1.82) is 0 Å². The Balaban J connectivity index is 0.00000132. The van der Waals surface area contributed by atoms with Gasteiger partial charge in [0.25, 0.3) is 11.9 Å². The van der Waals surface area contributed by atoms with E-state index in [1.807, 2.05) is 12.1 Å². The summed E-state index contributed by atoms with van der Waals surface area (Å²) < 4.78 is 0. The van der Waals surface area contributed by atoms with E-state index in [1.165, 1.54) is 0 Å². The van der Waals surface area contributed by atoms with E-state index >= 15 is 0 Å². The maximum Gasteiger partial charge on any atom is 1.00 e. The number of aromatic amines is 1. The zero-order valence-electron chi connectivity index (χ0n) is 12.8. The van der Waals surface area contributed by atoms with Crippen LogP contribution in [0.3, 0.4) is 0 Å².